The molecule has 9 heteroatoms. The fourth-order valence-corrected chi connectivity index (χ4v) is 4.14. The monoisotopic (exact) mass is 492 g/mol. The van der Waals surface area contributed by atoms with Crippen LogP contribution in [0.15, 0.2) is 67.1 Å². The van der Waals surface area contributed by atoms with E-state index in [9.17, 15) is 14.0 Å². The largest absolute Gasteiger partial charge is 0.490 e. The molecule has 0 bridgehead atoms. The first-order chi connectivity index (χ1) is 17.3. The predicted molar refractivity (Wildman–Crippen MR) is 131 cm³/mol. The molecule has 36 heavy (non-hydrogen) atoms. The van der Waals surface area contributed by atoms with Crippen molar-refractivity contribution in [3.63, 3.8) is 0 Å². The Bertz CT molecular complexity index is 1190. The Hall–Kier alpha value is -3.85. The number of aromatic nitrogens is 2. The number of nitrogens with zero attached hydrogens (tertiary/aromatic N) is 4. The quantitative estimate of drug-likeness (QED) is 0.480. The van der Waals surface area contributed by atoms with Gasteiger partial charge in [0.25, 0.3) is 5.91 Å². The zero-order chi connectivity index (χ0) is 25.5. The fourth-order valence-electron chi connectivity index (χ4n) is 4.14. The highest BCUT2D eigenvalue weighted by atomic mass is 19.1. The molecule has 0 aliphatic carbocycles. The zero-order valence-electron chi connectivity index (χ0n) is 20.4. The van der Waals surface area contributed by atoms with Crippen LogP contribution in [0.1, 0.15) is 28.0 Å². The van der Waals surface area contributed by atoms with Crippen LogP contribution in [0.4, 0.5) is 4.39 Å². The topological polar surface area (TPSA) is 84.9 Å². The van der Waals surface area contributed by atoms with Gasteiger partial charge in [0.15, 0.2) is 0 Å². The molecule has 8 nitrogen and oxygen atoms in total. The predicted octanol–water partition coefficient (Wildman–Crippen LogP) is 3.26. The van der Waals surface area contributed by atoms with Gasteiger partial charge in [0, 0.05) is 26.3 Å². The van der Waals surface area contributed by atoms with Crippen molar-refractivity contribution in [1.82, 2.24) is 19.8 Å². The van der Waals surface area contributed by atoms with Gasteiger partial charge in [-0.1, -0.05) is 30.3 Å². The van der Waals surface area contributed by atoms with Crippen molar-refractivity contribution in [2.75, 3.05) is 33.4 Å². The lowest BCUT2D eigenvalue weighted by molar-refractivity contribution is -0.152. The second kappa shape index (κ2) is 11.3. The second-order valence-electron chi connectivity index (χ2n) is 8.93. The molecule has 2 amide bonds. The van der Waals surface area contributed by atoms with E-state index >= 15 is 0 Å². The first kappa shape index (κ1) is 25.2. The van der Waals surface area contributed by atoms with Crippen molar-refractivity contribution < 1.29 is 23.5 Å². The molecule has 1 unspecified atom stereocenters. The molecule has 4 rings (SSSR count). The Morgan fingerprint density at radius 1 is 1.17 bits per heavy atom. The average Bonchev–Trinajstić information content (AvgIpc) is 2.89. The number of morpholine rings is 1. The van der Waals surface area contributed by atoms with Crippen LogP contribution in [0.25, 0.3) is 0 Å². The summed E-state index contributed by atoms with van der Waals surface area (Å²) in [5, 5.41) is 0. The highest BCUT2D eigenvalue weighted by molar-refractivity contribution is 5.95. The molecule has 1 fully saturated rings. The number of rotatable bonds is 8. The lowest BCUT2D eigenvalue weighted by atomic mass is 9.96. The third-order valence-corrected chi connectivity index (χ3v) is 6.15. The molecule has 188 valence electrons. The summed E-state index contributed by atoms with van der Waals surface area (Å²) in [6.45, 7) is 2.95. The van der Waals surface area contributed by atoms with Gasteiger partial charge in [0.05, 0.1) is 30.8 Å². The highest BCUT2D eigenvalue weighted by Gasteiger charge is 2.42. The Kier molecular flexibility index (Phi) is 7.90. The van der Waals surface area contributed by atoms with Crippen LogP contribution in [0.3, 0.4) is 0 Å². The van der Waals surface area contributed by atoms with E-state index in [4.69, 9.17) is 9.47 Å². The number of aryl methyl sites for hydroxylation is 1. The number of hydrogen-bond donors (Lipinski definition) is 0. The molecule has 0 N–H and O–H groups in total. The van der Waals surface area contributed by atoms with Crippen LogP contribution < -0.4 is 4.74 Å². The minimum atomic E-state index is -1.09. The van der Waals surface area contributed by atoms with Crippen molar-refractivity contribution in [3.05, 3.63) is 89.8 Å². The van der Waals surface area contributed by atoms with Crippen molar-refractivity contribution in [2.45, 2.75) is 25.5 Å². The summed E-state index contributed by atoms with van der Waals surface area (Å²) in [6, 6.07) is 15.3. The van der Waals surface area contributed by atoms with E-state index in [0.29, 0.717) is 30.1 Å². The maximum atomic E-state index is 13.3. The fraction of sp³-hybridized carbons (Fsp3) is 0.333. The van der Waals surface area contributed by atoms with Gasteiger partial charge in [-0.15, -0.1) is 0 Å². The number of carbonyl (C=O) groups excluding carboxylic acids is 2. The smallest absolute Gasteiger partial charge is 0.257 e. The molecule has 0 radical (unpaired) electrons. The minimum absolute atomic E-state index is 0.00554. The van der Waals surface area contributed by atoms with Gasteiger partial charge in [0.1, 0.15) is 30.1 Å². The number of hydrogen-bond acceptors (Lipinski definition) is 6. The molecular formula is C27H29FN4O4. The van der Waals surface area contributed by atoms with Crippen molar-refractivity contribution in [3.8, 4) is 5.75 Å². The third kappa shape index (κ3) is 6.23. The molecule has 2 aromatic carbocycles. The van der Waals surface area contributed by atoms with Crippen molar-refractivity contribution >= 4 is 11.8 Å². The first-order valence-corrected chi connectivity index (χ1v) is 11.7. The molecule has 1 saturated heterocycles. The number of amides is 2. The van der Waals surface area contributed by atoms with E-state index in [1.54, 1.807) is 23.8 Å². The van der Waals surface area contributed by atoms with Gasteiger partial charge in [-0.3, -0.25) is 9.59 Å². The van der Waals surface area contributed by atoms with Crippen LogP contribution in [0.5, 0.6) is 5.75 Å². The van der Waals surface area contributed by atoms with E-state index in [2.05, 4.69) is 9.97 Å². The molecular weight excluding hydrogens is 463 g/mol. The lowest BCUT2D eigenvalue weighted by Gasteiger charge is -2.42. The summed E-state index contributed by atoms with van der Waals surface area (Å²) in [6.07, 6.45) is 2.90. The Labute approximate surface area is 209 Å². The Morgan fingerprint density at radius 2 is 1.92 bits per heavy atom. The Balaban J connectivity index is 1.53. The number of benzene rings is 2. The first-order valence-electron chi connectivity index (χ1n) is 11.7. The van der Waals surface area contributed by atoms with Crippen molar-refractivity contribution in [1.29, 1.82) is 0 Å². The summed E-state index contributed by atoms with van der Waals surface area (Å²) in [7, 11) is 1.74. The molecule has 2 heterocycles. The van der Waals surface area contributed by atoms with Gasteiger partial charge in [-0.2, -0.15) is 0 Å². The summed E-state index contributed by atoms with van der Waals surface area (Å²) in [5.74, 6) is -0.302. The Morgan fingerprint density at radius 3 is 2.64 bits per heavy atom. The van der Waals surface area contributed by atoms with Crippen LogP contribution >= 0.6 is 0 Å². The molecule has 1 aliphatic rings. The summed E-state index contributed by atoms with van der Waals surface area (Å²) in [4.78, 5) is 38.0. The number of ether oxygens (including phenoxy) is 2. The van der Waals surface area contributed by atoms with E-state index in [1.807, 2.05) is 30.3 Å². The van der Waals surface area contributed by atoms with E-state index in [-0.39, 0.29) is 43.8 Å². The number of halogens is 1. The summed E-state index contributed by atoms with van der Waals surface area (Å²) >= 11 is 0. The highest BCUT2D eigenvalue weighted by Crippen LogP contribution is 2.27. The molecule has 1 aliphatic heterocycles. The van der Waals surface area contributed by atoms with Crippen LogP contribution in [-0.2, 0) is 16.1 Å². The van der Waals surface area contributed by atoms with Gasteiger partial charge >= 0.3 is 0 Å². The normalized spacial score (nSPS) is 17.5. The second-order valence-corrected chi connectivity index (χ2v) is 8.93. The van der Waals surface area contributed by atoms with Gasteiger partial charge in [-0.05, 0) is 36.8 Å². The molecule has 1 aromatic heterocycles. The standard InChI is InChI=1S/C27H29FN4O4/c1-20-24(15-29-19-30-20)26(34)32-12-13-36-27(17-32,18-35-23-10-8-22(28)9-11-23)14-25(33)31(2)16-21-6-4-3-5-7-21/h3-11,15,19H,12-14,16-18H2,1-2H3. The van der Waals surface area contributed by atoms with Crippen molar-refractivity contribution in [2.24, 2.45) is 0 Å². The van der Waals surface area contributed by atoms with E-state index < -0.39 is 5.60 Å². The molecule has 0 saturated carbocycles. The lowest BCUT2D eigenvalue weighted by Crippen LogP contribution is -2.58. The molecule has 1 atom stereocenters. The van der Waals surface area contributed by atoms with Crippen LogP contribution in [-0.4, -0.2) is 70.5 Å². The maximum Gasteiger partial charge on any atom is 0.257 e. The SMILES string of the molecule is Cc1ncncc1C(=O)N1CCOC(COc2ccc(F)cc2)(CC(=O)N(C)Cc2ccccc2)C1. The molecule has 0 spiro atoms. The van der Waals surface area contributed by atoms with Gasteiger partial charge in [0.2, 0.25) is 5.91 Å². The van der Waals surface area contributed by atoms with Crippen LogP contribution in [0, 0.1) is 12.7 Å². The average molecular weight is 493 g/mol. The third-order valence-electron chi connectivity index (χ3n) is 6.15. The minimum Gasteiger partial charge on any atom is -0.490 e. The molecule has 3 aromatic rings. The van der Waals surface area contributed by atoms with E-state index in [1.165, 1.54) is 36.8 Å². The summed E-state index contributed by atoms with van der Waals surface area (Å²) < 4.78 is 25.4. The summed E-state index contributed by atoms with van der Waals surface area (Å²) in [5.41, 5.74) is 0.896. The number of carbonyl (C=O) groups is 2. The zero-order valence-corrected chi connectivity index (χ0v) is 20.4. The van der Waals surface area contributed by atoms with Gasteiger partial charge < -0.3 is 19.3 Å². The maximum absolute atomic E-state index is 13.3. The van der Waals surface area contributed by atoms with E-state index in [0.717, 1.165) is 5.56 Å². The van der Waals surface area contributed by atoms with Crippen LogP contribution in [0.2, 0.25) is 0 Å². The van der Waals surface area contributed by atoms with Gasteiger partial charge in [-0.25, -0.2) is 14.4 Å².